The van der Waals surface area contributed by atoms with E-state index in [1.165, 1.54) is 0 Å². The lowest BCUT2D eigenvalue weighted by atomic mass is 9.91. The first-order valence-electron chi connectivity index (χ1n) is 5.77. The average molecular weight is 310 g/mol. The number of ether oxygens (including phenoxy) is 1. The number of nitrogens with zero attached hydrogens (tertiary/aromatic N) is 1. The number of Topliss-reactive ketones (excluding diaryl/α,β-unsaturated/α-hetero) is 1. The highest BCUT2D eigenvalue weighted by Crippen LogP contribution is 2.27. The van der Waals surface area contributed by atoms with E-state index >= 15 is 0 Å². The molecule has 0 aliphatic carbocycles. The van der Waals surface area contributed by atoms with Crippen LogP contribution in [-0.4, -0.2) is 12.9 Å². The van der Waals surface area contributed by atoms with Gasteiger partial charge in [0.15, 0.2) is 5.78 Å². The molecule has 0 spiro atoms. The first-order chi connectivity index (χ1) is 8.49. The third-order valence-corrected chi connectivity index (χ3v) is 3.24. The molecule has 0 bridgehead atoms. The Morgan fingerprint density at radius 3 is 2.61 bits per heavy atom. The van der Waals surface area contributed by atoms with E-state index in [4.69, 9.17) is 10.00 Å². The number of hydrogen-bond donors (Lipinski definition) is 0. The van der Waals surface area contributed by atoms with Crippen LogP contribution in [0.2, 0.25) is 0 Å². The van der Waals surface area contributed by atoms with Crippen LogP contribution in [0.5, 0.6) is 5.75 Å². The van der Waals surface area contributed by atoms with E-state index in [0.717, 1.165) is 4.47 Å². The molecule has 0 aliphatic heterocycles. The summed E-state index contributed by atoms with van der Waals surface area (Å²) >= 11 is 3.34. The monoisotopic (exact) mass is 309 g/mol. The summed E-state index contributed by atoms with van der Waals surface area (Å²) in [4.78, 5) is 12.2. The number of hydrogen-bond acceptors (Lipinski definition) is 3. The van der Waals surface area contributed by atoms with Gasteiger partial charge in [-0.25, -0.2) is 0 Å². The normalized spacial score (nSPS) is 12.0. The number of halogens is 1. The molecule has 0 radical (unpaired) electrons. The van der Waals surface area contributed by atoms with Crippen LogP contribution in [0, 0.1) is 23.2 Å². The lowest BCUT2D eigenvalue weighted by molar-refractivity contribution is 0.0937. The second-order valence-corrected chi connectivity index (χ2v) is 5.38. The molecule has 0 saturated carbocycles. The van der Waals surface area contributed by atoms with Gasteiger partial charge in [0.2, 0.25) is 0 Å². The summed E-state index contributed by atoms with van der Waals surface area (Å²) in [5.41, 5.74) is 0.537. The Balaban J connectivity index is 2.96. The average Bonchev–Trinajstić information content (AvgIpc) is 2.34. The van der Waals surface area contributed by atoms with E-state index < -0.39 is 5.92 Å². The number of methoxy groups -OCH3 is 1. The number of nitriles is 1. The van der Waals surface area contributed by atoms with Crippen molar-refractivity contribution in [2.45, 2.75) is 20.3 Å². The Kier molecular flexibility index (Phi) is 5.36. The van der Waals surface area contributed by atoms with Crippen molar-refractivity contribution in [1.82, 2.24) is 0 Å². The second-order valence-electron chi connectivity index (χ2n) is 4.52. The predicted octanol–water partition coefficient (Wildman–Crippen LogP) is 3.83. The van der Waals surface area contributed by atoms with Crippen molar-refractivity contribution in [2.24, 2.45) is 11.8 Å². The summed E-state index contributed by atoms with van der Waals surface area (Å²) in [7, 11) is 1.57. The highest BCUT2D eigenvalue weighted by atomic mass is 79.9. The Morgan fingerprint density at radius 2 is 2.17 bits per heavy atom. The van der Waals surface area contributed by atoms with Crippen LogP contribution in [0.1, 0.15) is 30.6 Å². The number of carbonyl (C=O) groups excluding carboxylic acids is 1. The second kappa shape index (κ2) is 6.55. The minimum Gasteiger partial charge on any atom is -0.496 e. The minimum atomic E-state index is -0.578. The third kappa shape index (κ3) is 3.58. The van der Waals surface area contributed by atoms with E-state index in [0.29, 0.717) is 23.7 Å². The maximum atomic E-state index is 12.2. The van der Waals surface area contributed by atoms with Crippen molar-refractivity contribution in [2.75, 3.05) is 7.11 Å². The van der Waals surface area contributed by atoms with Crippen LogP contribution in [-0.2, 0) is 0 Å². The van der Waals surface area contributed by atoms with Crippen molar-refractivity contribution in [3.05, 3.63) is 28.2 Å². The van der Waals surface area contributed by atoms with Gasteiger partial charge in [-0.3, -0.25) is 4.79 Å². The number of carbonyl (C=O) groups is 1. The van der Waals surface area contributed by atoms with Gasteiger partial charge < -0.3 is 4.74 Å². The topological polar surface area (TPSA) is 50.1 Å². The predicted molar refractivity (Wildman–Crippen MR) is 73.6 cm³/mol. The Morgan fingerprint density at radius 1 is 1.50 bits per heavy atom. The summed E-state index contributed by atoms with van der Waals surface area (Å²) in [6, 6.07) is 7.20. The fourth-order valence-electron chi connectivity index (χ4n) is 1.71. The van der Waals surface area contributed by atoms with Crippen molar-refractivity contribution >= 4 is 21.7 Å². The van der Waals surface area contributed by atoms with E-state index in [9.17, 15) is 4.79 Å². The molecule has 3 nitrogen and oxygen atoms in total. The van der Waals surface area contributed by atoms with Crippen LogP contribution in [0.4, 0.5) is 0 Å². The van der Waals surface area contributed by atoms with Gasteiger partial charge in [-0.05, 0) is 46.5 Å². The van der Waals surface area contributed by atoms with E-state index in [-0.39, 0.29) is 5.78 Å². The van der Waals surface area contributed by atoms with E-state index in [1.54, 1.807) is 25.3 Å². The molecule has 0 aromatic heterocycles. The lowest BCUT2D eigenvalue weighted by Gasteiger charge is -2.11. The molecule has 0 saturated heterocycles. The molecule has 0 heterocycles. The van der Waals surface area contributed by atoms with Gasteiger partial charge >= 0.3 is 0 Å². The molecule has 0 amide bonds. The summed E-state index contributed by atoms with van der Waals surface area (Å²) < 4.78 is 5.83. The zero-order valence-electron chi connectivity index (χ0n) is 10.7. The minimum absolute atomic E-state index is 0.130. The quantitative estimate of drug-likeness (QED) is 0.777. The molecule has 0 aliphatic rings. The Hall–Kier alpha value is -1.34. The molecule has 96 valence electrons. The fourth-order valence-corrected chi connectivity index (χ4v) is 2.25. The molecule has 1 rings (SSSR count). The third-order valence-electron chi connectivity index (χ3n) is 2.62. The van der Waals surface area contributed by atoms with E-state index in [2.05, 4.69) is 22.0 Å². The van der Waals surface area contributed by atoms with E-state index in [1.807, 2.05) is 13.8 Å². The molecular formula is C14H16BrNO2. The maximum Gasteiger partial charge on any atom is 0.180 e. The molecule has 0 fully saturated rings. The number of benzene rings is 1. The van der Waals surface area contributed by atoms with Crippen molar-refractivity contribution in [3.8, 4) is 11.8 Å². The maximum absolute atomic E-state index is 12.2. The fraction of sp³-hybridized carbons (Fsp3) is 0.429. The molecule has 18 heavy (non-hydrogen) atoms. The van der Waals surface area contributed by atoms with Gasteiger partial charge in [0, 0.05) is 5.56 Å². The Bertz CT molecular complexity index is 477. The Labute approximate surface area is 116 Å². The van der Waals surface area contributed by atoms with Gasteiger partial charge in [0.05, 0.1) is 17.7 Å². The summed E-state index contributed by atoms with van der Waals surface area (Å²) in [6.07, 6.45) is 0.582. The van der Waals surface area contributed by atoms with Gasteiger partial charge in [0.25, 0.3) is 0 Å². The van der Waals surface area contributed by atoms with Crippen molar-refractivity contribution in [1.29, 1.82) is 5.26 Å². The van der Waals surface area contributed by atoms with Crippen molar-refractivity contribution in [3.63, 3.8) is 0 Å². The number of rotatable bonds is 5. The van der Waals surface area contributed by atoms with Crippen LogP contribution in [0.25, 0.3) is 0 Å². The summed E-state index contributed by atoms with van der Waals surface area (Å²) in [5, 5.41) is 9.07. The summed E-state index contributed by atoms with van der Waals surface area (Å²) in [5.74, 6) is 0.282. The lowest BCUT2D eigenvalue weighted by Crippen LogP contribution is -2.15. The SMILES string of the molecule is COc1ccc(C(=O)C(C#N)CC(C)C)cc1Br. The first-order valence-corrected chi connectivity index (χ1v) is 6.56. The molecule has 4 heteroatoms. The largest absolute Gasteiger partial charge is 0.496 e. The molecule has 0 N–H and O–H groups in total. The molecular weight excluding hydrogens is 294 g/mol. The molecule has 1 unspecified atom stereocenters. The zero-order valence-corrected chi connectivity index (χ0v) is 12.3. The van der Waals surface area contributed by atoms with Crippen LogP contribution < -0.4 is 4.74 Å². The van der Waals surface area contributed by atoms with Gasteiger partial charge in [0.1, 0.15) is 11.7 Å². The van der Waals surface area contributed by atoms with Crippen LogP contribution in [0.15, 0.2) is 22.7 Å². The van der Waals surface area contributed by atoms with Crippen LogP contribution >= 0.6 is 15.9 Å². The highest BCUT2D eigenvalue weighted by Gasteiger charge is 2.21. The summed E-state index contributed by atoms with van der Waals surface area (Å²) in [6.45, 7) is 4.00. The molecule has 1 aromatic carbocycles. The standard InChI is InChI=1S/C14H16BrNO2/c1-9(2)6-11(8-16)14(17)10-4-5-13(18-3)12(15)7-10/h4-5,7,9,11H,6H2,1-3H3. The highest BCUT2D eigenvalue weighted by molar-refractivity contribution is 9.10. The first kappa shape index (κ1) is 14.7. The van der Waals surface area contributed by atoms with Crippen molar-refractivity contribution < 1.29 is 9.53 Å². The number of ketones is 1. The van der Waals surface area contributed by atoms with Gasteiger partial charge in [-0.1, -0.05) is 13.8 Å². The molecule has 1 atom stereocenters. The smallest absolute Gasteiger partial charge is 0.180 e. The van der Waals surface area contributed by atoms with Gasteiger partial charge in [-0.15, -0.1) is 0 Å². The molecule has 1 aromatic rings. The zero-order chi connectivity index (χ0) is 13.7. The van der Waals surface area contributed by atoms with Gasteiger partial charge in [-0.2, -0.15) is 5.26 Å². The van der Waals surface area contributed by atoms with Crippen LogP contribution in [0.3, 0.4) is 0 Å².